The number of halogens is 3. The number of hydrogen-bond acceptors (Lipinski definition) is 6. The number of nitro benzene ring substituents is 1. The minimum atomic E-state index is -4.94. The van der Waals surface area contributed by atoms with Crippen LogP contribution in [-0.2, 0) is 15.7 Å². The van der Waals surface area contributed by atoms with Crippen molar-refractivity contribution in [3.05, 3.63) is 64.0 Å². The predicted octanol–water partition coefficient (Wildman–Crippen LogP) is 3.19. The summed E-state index contributed by atoms with van der Waals surface area (Å²) in [5.74, 6) is -1.89. The van der Waals surface area contributed by atoms with Gasteiger partial charge in [-0.05, 0) is 25.1 Å². The Hall–Kier alpha value is -3.50. The molecule has 1 aromatic heterocycles. The lowest BCUT2D eigenvalue weighted by Crippen LogP contribution is -2.30. The molecular weight excluding hydrogens is 371 g/mol. The number of pyridine rings is 1. The van der Waals surface area contributed by atoms with Gasteiger partial charge in [-0.3, -0.25) is 19.9 Å². The summed E-state index contributed by atoms with van der Waals surface area (Å²) in [5, 5.41) is 12.6. The van der Waals surface area contributed by atoms with Gasteiger partial charge in [0.25, 0.3) is 11.6 Å². The molecule has 0 bridgehead atoms. The second-order valence-electron chi connectivity index (χ2n) is 5.26. The molecule has 11 heteroatoms. The highest BCUT2D eigenvalue weighted by atomic mass is 19.4. The van der Waals surface area contributed by atoms with Crippen LogP contribution in [0.4, 0.5) is 24.5 Å². The van der Waals surface area contributed by atoms with E-state index in [1.807, 2.05) is 5.32 Å². The van der Waals surface area contributed by atoms with E-state index in [1.54, 1.807) is 0 Å². The average Bonchev–Trinajstić information content (AvgIpc) is 2.61. The number of carbonyl (C=O) groups is 2. The highest BCUT2D eigenvalue weighted by Crippen LogP contribution is 2.37. The molecule has 0 spiro atoms. The molecule has 0 aliphatic carbocycles. The largest absolute Gasteiger partial charge is 0.449 e. The Morgan fingerprint density at radius 1 is 1.22 bits per heavy atom. The molecule has 1 amide bonds. The SMILES string of the molecule is C[C@H](OC(=O)c1ccncc1)C(=O)Nc1ccc([N+](=O)[O-])cc1C(F)(F)F. The highest BCUT2D eigenvalue weighted by Gasteiger charge is 2.36. The molecule has 1 aromatic carbocycles. The van der Waals surface area contributed by atoms with E-state index in [0.717, 1.165) is 12.1 Å². The van der Waals surface area contributed by atoms with Crippen molar-refractivity contribution >= 4 is 23.3 Å². The van der Waals surface area contributed by atoms with Gasteiger partial charge in [-0.1, -0.05) is 0 Å². The quantitative estimate of drug-likeness (QED) is 0.482. The first-order valence-corrected chi connectivity index (χ1v) is 7.37. The number of nitrogens with one attached hydrogen (secondary N) is 1. The molecule has 0 radical (unpaired) electrons. The van der Waals surface area contributed by atoms with E-state index in [0.29, 0.717) is 6.07 Å². The van der Waals surface area contributed by atoms with Crippen molar-refractivity contribution in [1.82, 2.24) is 4.98 Å². The molecule has 0 aliphatic rings. The van der Waals surface area contributed by atoms with Gasteiger partial charge in [-0.15, -0.1) is 0 Å². The Morgan fingerprint density at radius 3 is 2.41 bits per heavy atom. The molecule has 0 fully saturated rings. The van der Waals surface area contributed by atoms with E-state index in [-0.39, 0.29) is 5.56 Å². The molecule has 1 N–H and O–H groups in total. The fraction of sp³-hybridized carbons (Fsp3) is 0.188. The van der Waals surface area contributed by atoms with Crippen LogP contribution in [0.3, 0.4) is 0 Å². The maximum Gasteiger partial charge on any atom is 0.418 e. The molecular formula is C16H12F3N3O5. The first-order chi connectivity index (χ1) is 12.6. The molecule has 2 rings (SSSR count). The van der Waals surface area contributed by atoms with E-state index in [1.165, 1.54) is 31.5 Å². The minimum absolute atomic E-state index is 0.107. The van der Waals surface area contributed by atoms with Crippen molar-refractivity contribution < 1.29 is 32.4 Å². The van der Waals surface area contributed by atoms with Crippen LogP contribution < -0.4 is 5.32 Å². The van der Waals surface area contributed by atoms with E-state index in [2.05, 4.69) is 4.98 Å². The van der Waals surface area contributed by atoms with E-state index < -0.39 is 46.0 Å². The number of amides is 1. The van der Waals surface area contributed by atoms with E-state index >= 15 is 0 Å². The van der Waals surface area contributed by atoms with Crippen LogP contribution in [0.15, 0.2) is 42.7 Å². The minimum Gasteiger partial charge on any atom is -0.449 e. The number of aromatic nitrogens is 1. The van der Waals surface area contributed by atoms with Crippen LogP contribution in [0.2, 0.25) is 0 Å². The Bertz CT molecular complexity index is 871. The lowest BCUT2D eigenvalue weighted by molar-refractivity contribution is -0.385. The molecule has 0 saturated heterocycles. The number of ether oxygens (including phenoxy) is 1. The topological polar surface area (TPSA) is 111 Å². The Kier molecular flexibility index (Phi) is 5.73. The summed E-state index contributed by atoms with van der Waals surface area (Å²) in [6, 6.07) is 4.56. The number of carbonyl (C=O) groups excluding carboxylic acids is 2. The number of nitrogens with zero attached hydrogens (tertiary/aromatic N) is 2. The van der Waals surface area contributed by atoms with Gasteiger partial charge in [0, 0.05) is 24.5 Å². The van der Waals surface area contributed by atoms with Crippen molar-refractivity contribution in [3.63, 3.8) is 0 Å². The molecule has 1 atom stereocenters. The normalized spacial score (nSPS) is 12.1. The zero-order valence-electron chi connectivity index (χ0n) is 13.7. The Morgan fingerprint density at radius 2 is 1.85 bits per heavy atom. The second kappa shape index (κ2) is 7.81. The zero-order valence-corrected chi connectivity index (χ0v) is 13.7. The number of benzene rings is 1. The van der Waals surface area contributed by atoms with Crippen molar-refractivity contribution in [2.75, 3.05) is 5.32 Å². The summed E-state index contributed by atoms with van der Waals surface area (Å²) in [6.07, 6.45) is -3.70. The van der Waals surface area contributed by atoms with Gasteiger partial charge in [-0.25, -0.2) is 4.79 Å². The number of hydrogen-bond donors (Lipinski definition) is 1. The van der Waals surface area contributed by atoms with Gasteiger partial charge in [-0.2, -0.15) is 13.2 Å². The number of esters is 1. The number of alkyl halides is 3. The van der Waals surface area contributed by atoms with E-state index in [9.17, 15) is 32.9 Å². The third-order valence-corrected chi connectivity index (χ3v) is 3.35. The number of anilines is 1. The average molecular weight is 383 g/mol. The maximum absolute atomic E-state index is 13.1. The molecule has 0 aliphatic heterocycles. The third-order valence-electron chi connectivity index (χ3n) is 3.35. The number of nitro groups is 1. The second-order valence-corrected chi connectivity index (χ2v) is 5.26. The fourth-order valence-corrected chi connectivity index (χ4v) is 1.99. The Labute approximate surface area is 150 Å². The lowest BCUT2D eigenvalue weighted by Gasteiger charge is -2.16. The van der Waals surface area contributed by atoms with Crippen molar-refractivity contribution in [3.8, 4) is 0 Å². The first-order valence-electron chi connectivity index (χ1n) is 7.37. The number of rotatable bonds is 5. The summed E-state index contributed by atoms with van der Waals surface area (Å²) in [4.78, 5) is 37.3. The van der Waals surface area contributed by atoms with Crippen molar-refractivity contribution in [2.45, 2.75) is 19.2 Å². The predicted molar refractivity (Wildman–Crippen MR) is 85.8 cm³/mol. The van der Waals surface area contributed by atoms with Crippen LogP contribution in [-0.4, -0.2) is 27.9 Å². The maximum atomic E-state index is 13.1. The number of non-ortho nitro benzene ring substituents is 1. The highest BCUT2D eigenvalue weighted by molar-refractivity contribution is 5.97. The third kappa shape index (κ3) is 5.00. The van der Waals surface area contributed by atoms with Gasteiger partial charge >= 0.3 is 12.1 Å². The molecule has 0 unspecified atom stereocenters. The standard InChI is InChI=1S/C16H12F3N3O5/c1-9(27-15(24)10-4-6-20-7-5-10)14(23)21-13-3-2-11(22(25)26)8-12(13)16(17,18)19/h2-9H,1H3,(H,21,23)/t9-/m0/s1. The lowest BCUT2D eigenvalue weighted by atomic mass is 10.1. The molecule has 27 heavy (non-hydrogen) atoms. The van der Waals surface area contributed by atoms with Crippen LogP contribution >= 0.6 is 0 Å². The fourth-order valence-electron chi connectivity index (χ4n) is 1.99. The van der Waals surface area contributed by atoms with Gasteiger partial charge in [0.2, 0.25) is 0 Å². The zero-order chi connectivity index (χ0) is 20.2. The summed E-state index contributed by atoms with van der Waals surface area (Å²) in [5.41, 5.74) is -2.75. The summed E-state index contributed by atoms with van der Waals surface area (Å²) >= 11 is 0. The molecule has 142 valence electrons. The summed E-state index contributed by atoms with van der Waals surface area (Å²) < 4.78 is 44.2. The van der Waals surface area contributed by atoms with Crippen molar-refractivity contribution in [2.24, 2.45) is 0 Å². The first kappa shape index (κ1) is 19.8. The van der Waals surface area contributed by atoms with Crippen molar-refractivity contribution in [1.29, 1.82) is 0 Å². The van der Waals surface area contributed by atoms with Crippen LogP contribution in [0.25, 0.3) is 0 Å². The van der Waals surface area contributed by atoms with Gasteiger partial charge in [0.05, 0.1) is 21.7 Å². The molecule has 2 aromatic rings. The smallest absolute Gasteiger partial charge is 0.418 e. The molecule has 0 saturated carbocycles. The van der Waals surface area contributed by atoms with Gasteiger partial charge in [0.1, 0.15) is 0 Å². The van der Waals surface area contributed by atoms with Crippen LogP contribution in [0, 0.1) is 10.1 Å². The van der Waals surface area contributed by atoms with Gasteiger partial charge in [0.15, 0.2) is 6.10 Å². The van der Waals surface area contributed by atoms with E-state index in [4.69, 9.17) is 4.74 Å². The molecule has 1 heterocycles. The Balaban J connectivity index is 2.17. The molecule has 8 nitrogen and oxygen atoms in total. The summed E-state index contributed by atoms with van der Waals surface area (Å²) in [6.45, 7) is 1.17. The van der Waals surface area contributed by atoms with Gasteiger partial charge < -0.3 is 10.1 Å². The van der Waals surface area contributed by atoms with Crippen LogP contribution in [0.1, 0.15) is 22.8 Å². The van der Waals surface area contributed by atoms with Crippen LogP contribution in [0.5, 0.6) is 0 Å². The monoisotopic (exact) mass is 383 g/mol. The summed E-state index contributed by atoms with van der Waals surface area (Å²) in [7, 11) is 0.